The molecule has 4 rings (SSSR count). The normalized spacial score (nSPS) is 26.6. The fourth-order valence-electron chi connectivity index (χ4n) is 4.84. The monoisotopic (exact) mass is 538 g/mol. The molecule has 0 amide bonds. The van der Waals surface area contributed by atoms with E-state index in [-0.39, 0.29) is 22.9 Å². The van der Waals surface area contributed by atoms with Gasteiger partial charge in [-0.1, -0.05) is 18.2 Å². The topological polar surface area (TPSA) is 49.9 Å². The van der Waals surface area contributed by atoms with E-state index >= 15 is 0 Å². The van der Waals surface area contributed by atoms with E-state index in [4.69, 9.17) is 4.74 Å². The molecule has 0 radical (unpaired) electrons. The minimum Gasteiger partial charge on any atom is -0.361 e. The Kier molecular flexibility index (Phi) is 7.37. The molecule has 0 atom stereocenters. The van der Waals surface area contributed by atoms with E-state index in [0.717, 1.165) is 31.4 Å². The molecular weight excluding hydrogens is 510 g/mol. The summed E-state index contributed by atoms with van der Waals surface area (Å²) in [6.07, 6.45) is -1.95. The lowest BCUT2D eigenvalue weighted by Crippen LogP contribution is -2.49. The Morgan fingerprint density at radius 1 is 1.00 bits per heavy atom. The van der Waals surface area contributed by atoms with E-state index < -0.39 is 33.5 Å². The molecule has 1 saturated carbocycles. The first-order valence-corrected chi connectivity index (χ1v) is 13.1. The molecule has 0 unspecified atom stereocenters. The van der Waals surface area contributed by atoms with Crippen molar-refractivity contribution in [3.8, 4) is 0 Å². The molecule has 0 N–H and O–H groups in total. The van der Waals surface area contributed by atoms with Gasteiger partial charge in [-0.15, -0.1) is 0 Å². The van der Waals surface area contributed by atoms with Crippen LogP contribution in [-0.4, -0.2) is 68.2 Å². The van der Waals surface area contributed by atoms with Crippen molar-refractivity contribution in [3.05, 3.63) is 54.1 Å². The fraction of sp³-hybridized carbons (Fsp3) is 0.583. The van der Waals surface area contributed by atoms with Crippen molar-refractivity contribution < 1.29 is 39.5 Å². The Bertz CT molecular complexity index is 1090. The van der Waals surface area contributed by atoms with E-state index in [0.29, 0.717) is 51.4 Å². The van der Waals surface area contributed by atoms with Crippen LogP contribution in [0.25, 0.3) is 0 Å². The van der Waals surface area contributed by atoms with Gasteiger partial charge in [0.05, 0.1) is 10.5 Å². The molecule has 36 heavy (non-hydrogen) atoms. The highest BCUT2D eigenvalue weighted by Crippen LogP contribution is 2.40. The summed E-state index contributed by atoms with van der Waals surface area (Å²) < 4.78 is 112. The third kappa shape index (κ3) is 5.51. The van der Waals surface area contributed by atoms with Crippen molar-refractivity contribution in [2.24, 2.45) is 5.92 Å². The van der Waals surface area contributed by atoms with Gasteiger partial charge >= 0.3 is 12.4 Å². The van der Waals surface area contributed by atoms with Crippen LogP contribution in [0.15, 0.2) is 53.5 Å². The lowest BCUT2D eigenvalue weighted by atomic mass is 9.91. The van der Waals surface area contributed by atoms with E-state index in [2.05, 4.69) is 4.90 Å². The fourth-order valence-corrected chi connectivity index (χ4v) is 6.82. The molecular formula is C24H28F6N2O3S. The summed E-state index contributed by atoms with van der Waals surface area (Å²) in [5.41, 5.74) is -3.44. The van der Waals surface area contributed by atoms with Gasteiger partial charge in [-0.25, -0.2) is 8.42 Å². The van der Waals surface area contributed by atoms with Gasteiger partial charge in [-0.2, -0.15) is 30.6 Å². The van der Waals surface area contributed by atoms with Gasteiger partial charge in [0.2, 0.25) is 10.0 Å². The van der Waals surface area contributed by atoms with E-state index in [9.17, 15) is 34.8 Å². The number of hydrogen-bond acceptors (Lipinski definition) is 4. The molecule has 1 aliphatic heterocycles. The van der Waals surface area contributed by atoms with Crippen molar-refractivity contribution in [2.45, 2.75) is 60.6 Å². The molecule has 2 aliphatic carbocycles. The van der Waals surface area contributed by atoms with Gasteiger partial charge in [-0.05, 0) is 69.1 Å². The second-order valence-electron chi connectivity index (χ2n) is 9.50. The van der Waals surface area contributed by atoms with E-state index in [1.54, 1.807) is 0 Å². The van der Waals surface area contributed by atoms with Crippen molar-refractivity contribution in [3.63, 3.8) is 0 Å². The zero-order chi connectivity index (χ0) is 26.4. The van der Waals surface area contributed by atoms with Crippen LogP contribution in [0.2, 0.25) is 0 Å². The maximum Gasteiger partial charge on any atom is 0.424 e. The quantitative estimate of drug-likeness (QED) is 0.362. The summed E-state index contributed by atoms with van der Waals surface area (Å²) in [5, 5.41) is 0. The highest BCUT2D eigenvalue weighted by molar-refractivity contribution is 7.89. The Hall–Kier alpha value is -1.89. The number of alkyl halides is 6. The third-order valence-corrected chi connectivity index (χ3v) is 8.99. The Labute approximate surface area is 206 Å². The first kappa shape index (κ1) is 27.2. The summed E-state index contributed by atoms with van der Waals surface area (Å²) in [6, 6.07) is 3.25. The van der Waals surface area contributed by atoms with Crippen LogP contribution in [0.5, 0.6) is 0 Å². The molecule has 200 valence electrons. The standard InChI is InChI=1S/C24H28F6N2O3S/c1-35-22(24(28,29)30)11-7-17(8-12-22)16-31-13-9-20(10-14-31)32(19-5-6-19)36(33,34)21-4-2-3-18(15-21)23(25,26)27/h2-4,7-8,11-12,15,17,19-20H,5-6,9-10,13-14,16H2,1H3. The third-order valence-electron chi connectivity index (χ3n) is 6.99. The maximum absolute atomic E-state index is 13.4. The summed E-state index contributed by atoms with van der Waals surface area (Å²) in [4.78, 5) is 1.70. The van der Waals surface area contributed by atoms with Crippen LogP contribution in [0.3, 0.4) is 0 Å². The van der Waals surface area contributed by atoms with E-state index in [1.165, 1.54) is 22.5 Å². The zero-order valence-corrected chi connectivity index (χ0v) is 20.4. The predicted octanol–water partition coefficient (Wildman–Crippen LogP) is 5.01. The Morgan fingerprint density at radius 2 is 1.58 bits per heavy atom. The first-order chi connectivity index (χ1) is 16.8. The molecule has 0 bridgehead atoms. The van der Waals surface area contributed by atoms with Crippen LogP contribution in [0, 0.1) is 5.92 Å². The average molecular weight is 539 g/mol. The van der Waals surface area contributed by atoms with E-state index in [1.807, 2.05) is 0 Å². The molecule has 3 aliphatic rings. The number of ether oxygens (including phenoxy) is 1. The molecule has 12 heteroatoms. The lowest BCUT2D eigenvalue weighted by Gasteiger charge is -2.39. The maximum atomic E-state index is 13.4. The Morgan fingerprint density at radius 3 is 2.08 bits per heavy atom. The number of benzene rings is 1. The van der Waals surface area contributed by atoms with Gasteiger partial charge in [0, 0.05) is 31.7 Å². The molecule has 1 heterocycles. The van der Waals surface area contributed by atoms with Crippen molar-refractivity contribution in [1.29, 1.82) is 0 Å². The van der Waals surface area contributed by atoms with Crippen LogP contribution in [0.1, 0.15) is 31.2 Å². The molecule has 1 aromatic carbocycles. The molecule has 2 fully saturated rings. The number of likely N-dealkylation sites (tertiary alicyclic amines) is 1. The lowest BCUT2D eigenvalue weighted by molar-refractivity contribution is -0.230. The number of hydrogen-bond donors (Lipinski definition) is 0. The smallest absolute Gasteiger partial charge is 0.361 e. The van der Waals surface area contributed by atoms with Gasteiger partial charge in [-0.3, -0.25) is 0 Å². The highest BCUT2D eigenvalue weighted by Gasteiger charge is 2.53. The highest BCUT2D eigenvalue weighted by atomic mass is 32.2. The number of sulfonamides is 1. The minimum absolute atomic E-state index is 0.227. The summed E-state index contributed by atoms with van der Waals surface area (Å²) >= 11 is 0. The largest absolute Gasteiger partial charge is 0.424 e. The number of halogens is 6. The summed E-state index contributed by atoms with van der Waals surface area (Å²) in [6.45, 7) is 1.53. The minimum atomic E-state index is -4.65. The van der Waals surface area contributed by atoms with Crippen molar-refractivity contribution in [2.75, 3.05) is 26.7 Å². The molecule has 1 saturated heterocycles. The van der Waals surface area contributed by atoms with Crippen LogP contribution < -0.4 is 0 Å². The van der Waals surface area contributed by atoms with Gasteiger partial charge in [0.1, 0.15) is 0 Å². The van der Waals surface area contributed by atoms with Gasteiger partial charge < -0.3 is 9.64 Å². The summed E-state index contributed by atoms with van der Waals surface area (Å²) in [5.74, 6) is -0.249. The second kappa shape index (κ2) is 9.77. The average Bonchev–Trinajstić information content (AvgIpc) is 3.64. The molecule has 1 aromatic rings. The summed E-state index contributed by atoms with van der Waals surface area (Å²) in [7, 11) is -3.12. The van der Waals surface area contributed by atoms with Crippen molar-refractivity contribution >= 4 is 10.0 Å². The Balaban J connectivity index is 1.41. The van der Waals surface area contributed by atoms with Crippen LogP contribution in [0.4, 0.5) is 26.3 Å². The SMILES string of the molecule is COC1(C(F)(F)F)C=CC(CN2CCC(N(C3CC3)S(=O)(=O)c3cccc(C(F)(F)F)c3)CC2)C=C1. The van der Waals surface area contributed by atoms with Crippen molar-refractivity contribution in [1.82, 2.24) is 9.21 Å². The van der Waals surface area contributed by atoms with Crippen LogP contribution >= 0.6 is 0 Å². The second-order valence-corrected chi connectivity index (χ2v) is 11.3. The number of nitrogens with zero attached hydrogens (tertiary/aromatic N) is 2. The van der Waals surface area contributed by atoms with Gasteiger partial charge in [0.15, 0.2) is 5.60 Å². The number of methoxy groups -OCH3 is 1. The first-order valence-electron chi connectivity index (χ1n) is 11.7. The molecule has 0 spiro atoms. The van der Waals surface area contributed by atoms with Crippen LogP contribution in [-0.2, 0) is 20.9 Å². The van der Waals surface area contributed by atoms with Gasteiger partial charge in [0.25, 0.3) is 0 Å². The molecule has 5 nitrogen and oxygen atoms in total. The number of rotatable bonds is 7. The predicted molar refractivity (Wildman–Crippen MR) is 121 cm³/mol. The molecule has 0 aromatic heterocycles. The number of piperidine rings is 1. The zero-order valence-electron chi connectivity index (χ0n) is 19.6.